The van der Waals surface area contributed by atoms with Crippen LogP contribution in [0.2, 0.25) is 0 Å². The van der Waals surface area contributed by atoms with E-state index in [1.807, 2.05) is 0 Å². The van der Waals surface area contributed by atoms with Gasteiger partial charge in [0.15, 0.2) is 0 Å². The summed E-state index contributed by atoms with van der Waals surface area (Å²) in [5.41, 5.74) is 4.88. The molecule has 3 saturated heterocycles. The Bertz CT molecular complexity index is 1020. The van der Waals surface area contributed by atoms with E-state index in [0.717, 1.165) is 58.4 Å². The molecule has 4 aliphatic heterocycles. The molecule has 2 aromatic rings. The Morgan fingerprint density at radius 3 is 2.08 bits per heavy atom. The molecule has 3 N–H and O–H groups in total. The monoisotopic (exact) mass is 532 g/mol. The van der Waals surface area contributed by atoms with Crippen molar-refractivity contribution in [2.75, 3.05) is 37.6 Å². The number of benzene rings is 2. The SMILES string of the molecule is Cl.Cl.O.O=C1NC2CCCCN2C12CCN(CCCN1c3ccccc3C=Cc3ccccc31)CC2. The van der Waals surface area contributed by atoms with E-state index in [0.29, 0.717) is 5.91 Å². The van der Waals surface area contributed by atoms with E-state index < -0.39 is 0 Å². The minimum absolute atomic E-state index is 0. The highest BCUT2D eigenvalue weighted by Crippen LogP contribution is 2.39. The minimum atomic E-state index is -0.240. The molecular formula is C28H38Cl2N4O2. The third-order valence-electron chi connectivity index (χ3n) is 8.21. The molecular weight excluding hydrogens is 495 g/mol. The molecule has 196 valence electrons. The molecule has 0 aliphatic carbocycles. The lowest BCUT2D eigenvalue weighted by molar-refractivity contribution is -0.129. The lowest BCUT2D eigenvalue weighted by atomic mass is 9.85. The van der Waals surface area contributed by atoms with Crippen molar-refractivity contribution in [2.45, 2.75) is 50.2 Å². The fourth-order valence-corrected chi connectivity index (χ4v) is 6.42. The normalized spacial score (nSPS) is 22.2. The predicted molar refractivity (Wildman–Crippen MR) is 152 cm³/mol. The third-order valence-corrected chi connectivity index (χ3v) is 8.21. The molecule has 6 nitrogen and oxygen atoms in total. The van der Waals surface area contributed by atoms with Crippen LogP contribution in [0.3, 0.4) is 0 Å². The number of nitrogens with one attached hydrogen (secondary N) is 1. The first-order valence-electron chi connectivity index (χ1n) is 12.7. The van der Waals surface area contributed by atoms with E-state index in [1.165, 1.54) is 35.3 Å². The summed E-state index contributed by atoms with van der Waals surface area (Å²) in [6, 6.07) is 17.4. The molecule has 4 aliphatic rings. The standard InChI is InChI=1S/C28H34N4O.2ClH.H2O/c33-27-28(32-19-6-5-12-26(32)29-27)15-20-30(21-16-28)17-7-18-31-24-10-3-1-8-22(24)13-14-23-9-2-4-11-25(23)31;;;/h1-4,8-11,13-14,26H,5-7,12,15-21H2,(H,29,33);2*1H;1H2. The maximum atomic E-state index is 12.9. The zero-order valence-electron chi connectivity index (χ0n) is 20.7. The molecule has 6 rings (SSSR count). The van der Waals surface area contributed by atoms with Gasteiger partial charge >= 0.3 is 0 Å². The van der Waals surface area contributed by atoms with Crippen molar-refractivity contribution >= 4 is 54.2 Å². The average molecular weight is 534 g/mol. The van der Waals surface area contributed by atoms with Gasteiger partial charge in [-0.2, -0.15) is 0 Å². The van der Waals surface area contributed by atoms with E-state index in [-0.39, 0.29) is 42.0 Å². The van der Waals surface area contributed by atoms with Gasteiger partial charge in [-0.1, -0.05) is 48.6 Å². The summed E-state index contributed by atoms with van der Waals surface area (Å²) in [4.78, 5) is 20.5. The van der Waals surface area contributed by atoms with Gasteiger partial charge < -0.3 is 20.6 Å². The van der Waals surface area contributed by atoms with Crippen LogP contribution in [0.25, 0.3) is 12.2 Å². The number of carbonyl (C=O) groups is 1. The van der Waals surface area contributed by atoms with Crippen LogP contribution in [-0.2, 0) is 4.79 Å². The van der Waals surface area contributed by atoms with Gasteiger partial charge in [-0.15, -0.1) is 24.8 Å². The summed E-state index contributed by atoms with van der Waals surface area (Å²) >= 11 is 0. The van der Waals surface area contributed by atoms with Crippen molar-refractivity contribution in [3.63, 3.8) is 0 Å². The van der Waals surface area contributed by atoms with E-state index in [9.17, 15) is 4.79 Å². The lowest BCUT2D eigenvalue weighted by Crippen LogP contribution is -2.58. The summed E-state index contributed by atoms with van der Waals surface area (Å²) in [6.07, 6.45) is 11.4. The zero-order valence-corrected chi connectivity index (χ0v) is 22.3. The maximum Gasteiger partial charge on any atom is 0.241 e. The average Bonchev–Trinajstić information content (AvgIpc) is 3.02. The van der Waals surface area contributed by atoms with Crippen LogP contribution < -0.4 is 10.2 Å². The summed E-state index contributed by atoms with van der Waals surface area (Å²) in [7, 11) is 0. The van der Waals surface area contributed by atoms with Crippen LogP contribution in [0, 0.1) is 0 Å². The number of piperidine rings is 2. The molecule has 1 unspecified atom stereocenters. The van der Waals surface area contributed by atoms with Gasteiger partial charge in [0, 0.05) is 37.6 Å². The third kappa shape index (κ3) is 5.02. The molecule has 0 radical (unpaired) electrons. The van der Waals surface area contributed by atoms with Crippen LogP contribution in [0.1, 0.15) is 49.7 Å². The first kappa shape index (κ1) is 28.5. The number of anilines is 2. The van der Waals surface area contributed by atoms with Crippen LogP contribution >= 0.6 is 24.8 Å². The van der Waals surface area contributed by atoms with Gasteiger partial charge in [0.25, 0.3) is 0 Å². The molecule has 2 aromatic carbocycles. The fourth-order valence-electron chi connectivity index (χ4n) is 6.42. The Hall–Kier alpha value is -2.09. The second kappa shape index (κ2) is 12.0. The van der Waals surface area contributed by atoms with E-state index >= 15 is 0 Å². The molecule has 4 heterocycles. The van der Waals surface area contributed by atoms with Gasteiger partial charge in [0.2, 0.25) is 5.91 Å². The van der Waals surface area contributed by atoms with Crippen LogP contribution in [-0.4, -0.2) is 65.6 Å². The number of hydrogen-bond donors (Lipinski definition) is 1. The van der Waals surface area contributed by atoms with Crippen molar-refractivity contribution in [3.05, 3.63) is 59.7 Å². The van der Waals surface area contributed by atoms with Crippen molar-refractivity contribution < 1.29 is 10.3 Å². The number of hydrogen-bond acceptors (Lipinski definition) is 4. The Labute approximate surface area is 226 Å². The van der Waals surface area contributed by atoms with Gasteiger partial charge in [0.05, 0.1) is 6.17 Å². The molecule has 3 fully saturated rings. The highest BCUT2D eigenvalue weighted by Gasteiger charge is 2.54. The van der Waals surface area contributed by atoms with Crippen molar-refractivity contribution in [3.8, 4) is 0 Å². The van der Waals surface area contributed by atoms with E-state index in [2.05, 4.69) is 80.7 Å². The number of fused-ring (bicyclic) bond motifs is 4. The van der Waals surface area contributed by atoms with Crippen molar-refractivity contribution in [1.29, 1.82) is 0 Å². The maximum absolute atomic E-state index is 12.9. The number of nitrogens with zero attached hydrogens (tertiary/aromatic N) is 3. The highest BCUT2D eigenvalue weighted by atomic mass is 35.5. The molecule has 0 aromatic heterocycles. The molecule has 1 amide bonds. The summed E-state index contributed by atoms with van der Waals surface area (Å²) in [6.45, 7) is 5.18. The molecule has 0 saturated carbocycles. The van der Waals surface area contributed by atoms with Crippen LogP contribution in [0.4, 0.5) is 11.4 Å². The number of amides is 1. The Morgan fingerprint density at radius 1 is 0.833 bits per heavy atom. The van der Waals surface area contributed by atoms with Crippen molar-refractivity contribution in [2.24, 2.45) is 0 Å². The van der Waals surface area contributed by atoms with Crippen LogP contribution in [0.15, 0.2) is 48.5 Å². The molecule has 36 heavy (non-hydrogen) atoms. The second-order valence-electron chi connectivity index (χ2n) is 10.0. The van der Waals surface area contributed by atoms with Gasteiger partial charge in [0.1, 0.15) is 5.54 Å². The highest BCUT2D eigenvalue weighted by molar-refractivity contribution is 5.89. The minimum Gasteiger partial charge on any atom is -0.412 e. The molecule has 1 spiro atoms. The van der Waals surface area contributed by atoms with Crippen LogP contribution in [0.5, 0.6) is 0 Å². The Kier molecular flexibility index (Phi) is 9.47. The Balaban J connectivity index is 0.00000120. The van der Waals surface area contributed by atoms with Gasteiger partial charge in [-0.25, -0.2) is 0 Å². The number of para-hydroxylation sites is 2. The smallest absolute Gasteiger partial charge is 0.241 e. The number of carbonyl (C=O) groups excluding carboxylic acids is 1. The predicted octanol–water partition coefficient (Wildman–Crippen LogP) is 4.49. The summed E-state index contributed by atoms with van der Waals surface area (Å²) in [5, 5.41) is 3.30. The molecule has 1 atom stereocenters. The van der Waals surface area contributed by atoms with E-state index in [4.69, 9.17) is 0 Å². The lowest BCUT2D eigenvalue weighted by Gasteiger charge is -2.45. The first-order valence-corrected chi connectivity index (χ1v) is 12.7. The number of likely N-dealkylation sites (tertiary alicyclic amines) is 1. The quantitative estimate of drug-likeness (QED) is 0.629. The number of rotatable bonds is 4. The van der Waals surface area contributed by atoms with Gasteiger partial charge in [-0.3, -0.25) is 9.69 Å². The summed E-state index contributed by atoms with van der Waals surface area (Å²) in [5.74, 6) is 0.291. The molecule has 8 heteroatoms. The van der Waals surface area contributed by atoms with Crippen molar-refractivity contribution in [1.82, 2.24) is 15.1 Å². The second-order valence-corrected chi connectivity index (χ2v) is 10.0. The topological polar surface area (TPSA) is 70.3 Å². The fraction of sp³-hybridized carbons (Fsp3) is 0.464. The van der Waals surface area contributed by atoms with E-state index in [1.54, 1.807) is 0 Å². The molecule has 0 bridgehead atoms. The Morgan fingerprint density at radius 2 is 1.44 bits per heavy atom. The first-order chi connectivity index (χ1) is 16.2. The largest absolute Gasteiger partial charge is 0.412 e. The number of halogens is 2. The van der Waals surface area contributed by atoms with Gasteiger partial charge in [-0.05, 0) is 68.3 Å². The summed E-state index contributed by atoms with van der Waals surface area (Å²) < 4.78 is 0. The zero-order chi connectivity index (χ0) is 22.3.